The minimum atomic E-state index is -0.554. The Morgan fingerprint density at radius 2 is 1.74 bits per heavy atom. The molecule has 2 rings (SSSR count). The summed E-state index contributed by atoms with van der Waals surface area (Å²) in [6.45, 7) is 3.77. The molecule has 0 saturated heterocycles. The fraction of sp³-hybridized carbons (Fsp3) is 0.0526. The Labute approximate surface area is 164 Å². The maximum atomic E-state index is 12.4. The van der Waals surface area contributed by atoms with Crippen LogP contribution in [0.2, 0.25) is 0 Å². The Kier molecular flexibility index (Phi) is 7.01. The average Bonchev–Trinajstić information content (AvgIpc) is 2.67. The highest BCUT2D eigenvalue weighted by Crippen LogP contribution is 2.14. The summed E-state index contributed by atoms with van der Waals surface area (Å²) in [4.78, 5) is 34.9. The number of carbonyl (C=O) groups excluding carboxylic acids is 2. The first-order chi connectivity index (χ1) is 12.9. The van der Waals surface area contributed by atoms with Gasteiger partial charge in [-0.25, -0.2) is 0 Å². The van der Waals surface area contributed by atoms with Gasteiger partial charge in [0.05, 0.1) is 4.92 Å². The van der Waals surface area contributed by atoms with Crippen molar-refractivity contribution in [2.75, 3.05) is 6.54 Å². The first-order valence-corrected chi connectivity index (χ1v) is 8.62. The lowest BCUT2D eigenvalue weighted by Gasteiger charge is -2.10. The normalized spacial score (nSPS) is 10.8. The second kappa shape index (κ2) is 9.44. The van der Waals surface area contributed by atoms with Gasteiger partial charge in [-0.05, 0) is 35.9 Å². The number of nitro benzene ring substituents is 1. The van der Waals surface area contributed by atoms with Gasteiger partial charge in [-0.15, -0.1) is 6.58 Å². The van der Waals surface area contributed by atoms with E-state index in [4.69, 9.17) is 0 Å². The molecule has 0 radical (unpaired) electrons. The second-order valence-corrected chi connectivity index (χ2v) is 6.28. The Hall–Kier alpha value is -3.26. The summed E-state index contributed by atoms with van der Waals surface area (Å²) in [5, 5.41) is 15.9. The van der Waals surface area contributed by atoms with Crippen molar-refractivity contribution in [1.82, 2.24) is 10.6 Å². The highest BCUT2D eigenvalue weighted by Gasteiger charge is 2.15. The van der Waals surface area contributed by atoms with Crippen molar-refractivity contribution in [3.05, 3.63) is 92.6 Å². The fourth-order valence-electron chi connectivity index (χ4n) is 2.07. The van der Waals surface area contributed by atoms with E-state index in [1.807, 2.05) is 12.1 Å². The molecule has 0 aromatic heterocycles. The van der Waals surface area contributed by atoms with Crippen LogP contribution < -0.4 is 10.6 Å². The fourth-order valence-corrected chi connectivity index (χ4v) is 2.34. The number of benzene rings is 2. The van der Waals surface area contributed by atoms with Crippen molar-refractivity contribution in [3.63, 3.8) is 0 Å². The van der Waals surface area contributed by atoms with Crippen LogP contribution in [0.5, 0.6) is 0 Å². The third kappa shape index (κ3) is 5.89. The Morgan fingerprint density at radius 3 is 2.30 bits per heavy atom. The van der Waals surface area contributed by atoms with E-state index >= 15 is 0 Å². The van der Waals surface area contributed by atoms with E-state index in [2.05, 4.69) is 33.1 Å². The predicted molar refractivity (Wildman–Crippen MR) is 106 cm³/mol. The molecular formula is C19H16BrN3O4. The summed E-state index contributed by atoms with van der Waals surface area (Å²) in [7, 11) is 0. The zero-order valence-corrected chi connectivity index (χ0v) is 15.7. The van der Waals surface area contributed by atoms with E-state index in [0.717, 1.165) is 4.47 Å². The molecule has 0 unspecified atom stereocenters. The zero-order chi connectivity index (χ0) is 19.8. The minimum absolute atomic E-state index is 0.0440. The van der Waals surface area contributed by atoms with Gasteiger partial charge >= 0.3 is 0 Å². The number of nitro groups is 1. The highest BCUT2D eigenvalue weighted by atomic mass is 79.9. The summed E-state index contributed by atoms with van der Waals surface area (Å²) in [6.07, 6.45) is 3.06. The molecule has 7 nitrogen and oxygen atoms in total. The third-order valence-corrected chi connectivity index (χ3v) is 3.95. The van der Waals surface area contributed by atoms with E-state index in [1.54, 1.807) is 12.1 Å². The lowest BCUT2D eigenvalue weighted by atomic mass is 10.1. The molecule has 2 aromatic rings. The monoisotopic (exact) mass is 429 g/mol. The van der Waals surface area contributed by atoms with Crippen LogP contribution >= 0.6 is 15.9 Å². The Morgan fingerprint density at radius 1 is 1.11 bits per heavy atom. The maximum absolute atomic E-state index is 12.4. The molecule has 27 heavy (non-hydrogen) atoms. The van der Waals surface area contributed by atoms with Gasteiger partial charge in [0.15, 0.2) is 0 Å². The first kappa shape index (κ1) is 20.1. The van der Waals surface area contributed by atoms with Crippen LogP contribution in [0.4, 0.5) is 5.69 Å². The summed E-state index contributed by atoms with van der Waals surface area (Å²) >= 11 is 3.33. The van der Waals surface area contributed by atoms with Gasteiger partial charge in [-0.2, -0.15) is 0 Å². The Bertz CT molecular complexity index is 890. The van der Waals surface area contributed by atoms with Crippen LogP contribution in [0, 0.1) is 10.1 Å². The van der Waals surface area contributed by atoms with Gasteiger partial charge in [0.1, 0.15) is 5.70 Å². The van der Waals surface area contributed by atoms with Crippen LogP contribution in [-0.2, 0) is 4.79 Å². The van der Waals surface area contributed by atoms with Crippen molar-refractivity contribution in [1.29, 1.82) is 0 Å². The summed E-state index contributed by atoms with van der Waals surface area (Å²) in [5.74, 6) is -1.03. The molecule has 0 fully saturated rings. The number of non-ortho nitro benzene ring substituents is 1. The molecule has 0 spiro atoms. The maximum Gasteiger partial charge on any atom is 0.269 e. The number of nitrogens with zero attached hydrogens (tertiary/aromatic N) is 1. The van der Waals surface area contributed by atoms with Crippen molar-refractivity contribution in [2.45, 2.75) is 0 Å². The predicted octanol–water partition coefficient (Wildman–Crippen LogP) is 3.43. The molecule has 138 valence electrons. The molecular weight excluding hydrogens is 414 g/mol. The lowest BCUT2D eigenvalue weighted by Crippen LogP contribution is -2.34. The number of hydrogen-bond acceptors (Lipinski definition) is 4. The van der Waals surface area contributed by atoms with Gasteiger partial charge in [-0.3, -0.25) is 19.7 Å². The molecule has 8 heteroatoms. The molecule has 0 aliphatic rings. The quantitative estimate of drug-likeness (QED) is 0.304. The van der Waals surface area contributed by atoms with Crippen molar-refractivity contribution >= 4 is 39.5 Å². The van der Waals surface area contributed by atoms with Gasteiger partial charge in [0, 0.05) is 28.7 Å². The van der Waals surface area contributed by atoms with Crippen LogP contribution in [0.3, 0.4) is 0 Å². The van der Waals surface area contributed by atoms with Gasteiger partial charge in [-0.1, -0.05) is 34.1 Å². The van der Waals surface area contributed by atoms with Crippen LogP contribution in [-0.4, -0.2) is 23.3 Å². The van der Waals surface area contributed by atoms with Crippen molar-refractivity contribution in [2.24, 2.45) is 0 Å². The SMILES string of the molecule is C=CCNC(=O)/C(=C\c1ccc(Br)cc1)NC(=O)c1ccc([N+](=O)[O-])cc1. The molecule has 0 aliphatic heterocycles. The molecule has 0 aliphatic carbocycles. The molecule has 0 atom stereocenters. The lowest BCUT2D eigenvalue weighted by molar-refractivity contribution is -0.384. The molecule has 0 saturated carbocycles. The van der Waals surface area contributed by atoms with E-state index in [-0.39, 0.29) is 23.5 Å². The molecule has 2 aromatic carbocycles. The highest BCUT2D eigenvalue weighted by molar-refractivity contribution is 9.10. The smallest absolute Gasteiger partial charge is 0.269 e. The number of halogens is 1. The van der Waals surface area contributed by atoms with E-state index in [1.165, 1.54) is 36.4 Å². The van der Waals surface area contributed by atoms with Crippen molar-refractivity contribution < 1.29 is 14.5 Å². The zero-order valence-electron chi connectivity index (χ0n) is 14.1. The standard InChI is InChI=1S/C19H16BrN3O4/c1-2-11-21-19(25)17(12-13-3-7-15(20)8-4-13)22-18(24)14-5-9-16(10-6-14)23(26)27/h2-10,12H,1,11H2,(H,21,25)(H,22,24)/b17-12+. The van der Waals surface area contributed by atoms with Gasteiger partial charge in [0.2, 0.25) is 0 Å². The van der Waals surface area contributed by atoms with E-state index in [9.17, 15) is 19.7 Å². The summed E-state index contributed by atoms with van der Waals surface area (Å²) in [5.41, 5.74) is 0.827. The van der Waals surface area contributed by atoms with Crippen LogP contribution in [0.25, 0.3) is 6.08 Å². The van der Waals surface area contributed by atoms with Crippen LogP contribution in [0.15, 0.2) is 71.4 Å². The minimum Gasteiger partial charge on any atom is -0.347 e. The summed E-state index contributed by atoms with van der Waals surface area (Å²) in [6, 6.07) is 12.3. The number of rotatable bonds is 7. The molecule has 2 N–H and O–H groups in total. The van der Waals surface area contributed by atoms with Gasteiger partial charge < -0.3 is 10.6 Å². The largest absolute Gasteiger partial charge is 0.347 e. The third-order valence-electron chi connectivity index (χ3n) is 3.42. The van der Waals surface area contributed by atoms with Crippen LogP contribution in [0.1, 0.15) is 15.9 Å². The number of amides is 2. The van der Waals surface area contributed by atoms with Crippen molar-refractivity contribution in [3.8, 4) is 0 Å². The van der Waals surface area contributed by atoms with Gasteiger partial charge in [0.25, 0.3) is 17.5 Å². The first-order valence-electron chi connectivity index (χ1n) is 7.83. The average molecular weight is 430 g/mol. The molecule has 2 amide bonds. The second-order valence-electron chi connectivity index (χ2n) is 5.37. The van der Waals surface area contributed by atoms with E-state index in [0.29, 0.717) is 5.56 Å². The molecule has 0 bridgehead atoms. The Balaban J connectivity index is 2.25. The number of nitrogens with one attached hydrogen (secondary N) is 2. The summed E-state index contributed by atoms with van der Waals surface area (Å²) < 4.78 is 0.882. The van der Waals surface area contributed by atoms with E-state index < -0.39 is 16.7 Å². The number of hydrogen-bond donors (Lipinski definition) is 2. The molecule has 0 heterocycles. The topological polar surface area (TPSA) is 101 Å². The number of carbonyl (C=O) groups is 2.